The number of likely N-dealkylation sites (tertiary alicyclic amines) is 1. The number of ether oxygens (including phenoxy) is 1. The fraction of sp³-hybridized carbons (Fsp3) is 0.473. The molecule has 5 aromatic rings. The first-order chi connectivity index (χ1) is 35.8. The van der Waals surface area contributed by atoms with Gasteiger partial charge in [0.05, 0.1) is 47.2 Å². The lowest BCUT2D eigenvalue weighted by atomic mass is 10.0. The summed E-state index contributed by atoms with van der Waals surface area (Å²) in [6.07, 6.45) is 5.20. The monoisotopic (exact) mass is 1090 g/mol. The molecule has 2 aliphatic rings. The van der Waals surface area contributed by atoms with Crippen LogP contribution in [0, 0.1) is 13.8 Å². The van der Waals surface area contributed by atoms with E-state index in [1.807, 2.05) is 72.3 Å². The van der Waals surface area contributed by atoms with Crippen LogP contribution in [0.4, 0.5) is 21.8 Å². The number of benzene rings is 3. The molecule has 0 bridgehead atoms. The Kier molecular flexibility index (Phi) is 27.1. The maximum absolute atomic E-state index is 13.8. The van der Waals surface area contributed by atoms with Gasteiger partial charge in [0.1, 0.15) is 22.9 Å². The highest BCUT2D eigenvalue weighted by Crippen LogP contribution is 2.32. The number of thioether (sulfide) groups is 1. The molecule has 3 aromatic carbocycles. The third-order valence-corrected chi connectivity index (χ3v) is 14.9. The quantitative estimate of drug-likeness (QED) is 0.0522. The highest BCUT2D eigenvalue weighted by atomic mass is 35.5. The van der Waals surface area contributed by atoms with E-state index in [0.29, 0.717) is 35.4 Å². The van der Waals surface area contributed by atoms with Crippen molar-refractivity contribution in [3.63, 3.8) is 0 Å². The van der Waals surface area contributed by atoms with Crippen molar-refractivity contribution in [2.24, 2.45) is 0 Å². The molecule has 5 N–H and O–H groups in total. The number of aromatic nitrogens is 3. The summed E-state index contributed by atoms with van der Waals surface area (Å²) in [6.45, 7) is 19.9. The lowest BCUT2D eigenvalue weighted by Crippen LogP contribution is -2.53. The third-order valence-electron chi connectivity index (χ3n) is 12.1. The van der Waals surface area contributed by atoms with Gasteiger partial charge in [-0.1, -0.05) is 80.0 Å². The molecule has 0 radical (unpaired) electrons. The van der Waals surface area contributed by atoms with E-state index in [1.54, 1.807) is 48.4 Å². The van der Waals surface area contributed by atoms with Gasteiger partial charge in [0.25, 0.3) is 5.91 Å². The molecule has 0 unspecified atom stereocenters. The Morgan fingerprint density at radius 2 is 1.59 bits per heavy atom. The zero-order valence-electron chi connectivity index (χ0n) is 45.6. The molecule has 3 amide bonds. The number of nitrogens with zero attached hydrogens (tertiary/aromatic N) is 6. The van der Waals surface area contributed by atoms with Crippen molar-refractivity contribution < 1.29 is 33.4 Å². The minimum atomic E-state index is -2.03. The smallest absolute Gasteiger partial charge is 0.257 e. The number of piperazine rings is 1. The standard InChI is InChI=1S/C22H32FN3O3S.C17H21N3OS.C13H15ClN4O.C2H6.CH4O/c1-21(2,23)20(29)24-19(14-27)22(3,4)30-15-18-7-5-17(6-8-18)13-25-9-11-26(16-28)12-10-25;1-12-16(22-11-19-12)14-7-5-13(6-8-14)10-18-17(21)15-4-3-9-20(15)2;1-8-4-5-10(11(6-8)19-3)17-13-16-7-9(14)12(15-2)18-13;2*1-2/h5-8,14,16,19H,9-13,15H2,1-4H3,(H,24,29);5-8,11,15H,3-4,9-10H2,1-2H3,(H,18,21);4-7H,1-3H3,(H2,15,16,17,18);1-2H3;2H,1H3/t19-;15-;;;/m10.../s1. The molecule has 2 aromatic heterocycles. The average molecular weight is 1090 g/mol. The van der Waals surface area contributed by atoms with E-state index in [2.05, 4.69) is 94.5 Å². The Bertz CT molecular complexity index is 2520. The van der Waals surface area contributed by atoms with Gasteiger partial charge in [-0.05, 0) is 108 Å². The van der Waals surface area contributed by atoms with E-state index in [9.17, 15) is 23.6 Å². The van der Waals surface area contributed by atoms with Gasteiger partial charge in [-0.25, -0.2) is 14.4 Å². The first-order valence-corrected chi connectivity index (χ1v) is 27.2. The van der Waals surface area contributed by atoms with Gasteiger partial charge in [-0.2, -0.15) is 4.98 Å². The molecule has 2 fully saturated rings. The Hall–Kier alpha value is -5.70. The summed E-state index contributed by atoms with van der Waals surface area (Å²) in [5.74, 6) is 1.80. The molecule has 2 saturated heterocycles. The summed E-state index contributed by atoms with van der Waals surface area (Å²) in [6, 6.07) is 21.8. The SMILES string of the molecule is CC.CC(C)(F)C(=O)N[C@H](C=O)C(C)(C)SCc1ccc(CN2CCN(C=O)CC2)cc1.CNc1nc(Nc2ccc(C)cc2OC)ncc1Cl.CO.Cc1ncsc1-c1ccc(CNC(=O)[C@@H]2CCCN2C)cc1. The predicted molar refractivity (Wildman–Crippen MR) is 305 cm³/mol. The number of hydrogen-bond acceptors (Lipinski definition) is 15. The molecule has 20 heteroatoms. The van der Waals surface area contributed by atoms with Crippen LogP contribution in [-0.2, 0) is 38.0 Å². The molecule has 2 aliphatic heterocycles. The van der Waals surface area contributed by atoms with Gasteiger partial charge in [0, 0.05) is 63.9 Å². The number of anilines is 3. The van der Waals surface area contributed by atoms with Crippen molar-refractivity contribution in [1.82, 2.24) is 40.3 Å². The molecule has 7 rings (SSSR count). The van der Waals surface area contributed by atoms with Crippen molar-refractivity contribution >= 4 is 76.7 Å². The number of rotatable bonds is 18. The molecule has 0 saturated carbocycles. The summed E-state index contributed by atoms with van der Waals surface area (Å²) in [5.41, 5.74) is 7.47. The highest BCUT2D eigenvalue weighted by molar-refractivity contribution is 7.99. The number of aliphatic hydroxyl groups excluding tert-OH is 1. The molecule has 75 heavy (non-hydrogen) atoms. The van der Waals surface area contributed by atoms with E-state index < -0.39 is 22.4 Å². The number of halogens is 2. The zero-order chi connectivity index (χ0) is 55.7. The average Bonchev–Trinajstić information content (AvgIpc) is 4.06. The van der Waals surface area contributed by atoms with Crippen LogP contribution >= 0.6 is 34.7 Å². The van der Waals surface area contributed by atoms with E-state index in [-0.39, 0.29) is 11.9 Å². The van der Waals surface area contributed by atoms with E-state index >= 15 is 0 Å². The molecular formula is C55H78ClFN10O6S2. The minimum Gasteiger partial charge on any atom is -0.495 e. The topological polar surface area (TPSA) is 194 Å². The van der Waals surface area contributed by atoms with E-state index in [1.165, 1.54) is 29.9 Å². The number of likely N-dealkylation sites (N-methyl/N-ethyl adjacent to an activating group) is 1. The zero-order valence-corrected chi connectivity index (χ0v) is 48.0. The highest BCUT2D eigenvalue weighted by Gasteiger charge is 2.36. The second-order valence-electron chi connectivity index (χ2n) is 18.5. The number of methoxy groups -OCH3 is 1. The number of amides is 3. The predicted octanol–water partition coefficient (Wildman–Crippen LogP) is 9.10. The second-order valence-corrected chi connectivity index (χ2v) is 21.4. The van der Waals surface area contributed by atoms with Crippen LogP contribution in [0.5, 0.6) is 5.75 Å². The third kappa shape index (κ3) is 20.4. The molecule has 2 atom stereocenters. The van der Waals surface area contributed by atoms with Crippen molar-refractivity contribution in [1.29, 1.82) is 0 Å². The molecule has 410 valence electrons. The summed E-state index contributed by atoms with van der Waals surface area (Å²) < 4.78 is 18.5. The van der Waals surface area contributed by atoms with Crippen LogP contribution in [0.15, 0.2) is 78.4 Å². The molecule has 0 aliphatic carbocycles. The van der Waals surface area contributed by atoms with E-state index in [4.69, 9.17) is 21.4 Å². The Morgan fingerprint density at radius 1 is 0.947 bits per heavy atom. The number of carbonyl (C=O) groups excluding carboxylic acids is 4. The van der Waals surface area contributed by atoms with Crippen LogP contribution in [-0.4, -0.2) is 143 Å². The number of aliphatic hydroxyl groups is 1. The Balaban J connectivity index is 0.000000294. The van der Waals surface area contributed by atoms with Crippen LogP contribution in [0.25, 0.3) is 10.4 Å². The maximum Gasteiger partial charge on any atom is 0.257 e. The van der Waals surface area contributed by atoms with Crippen LogP contribution in [0.1, 0.15) is 82.3 Å². The van der Waals surface area contributed by atoms with Crippen LogP contribution in [0.3, 0.4) is 0 Å². The van der Waals surface area contributed by atoms with Gasteiger partial charge < -0.3 is 40.8 Å². The number of hydrogen-bond donors (Lipinski definition) is 5. The number of alkyl halides is 1. The molecule has 4 heterocycles. The van der Waals surface area contributed by atoms with Gasteiger partial charge in [0.15, 0.2) is 5.67 Å². The number of aryl methyl sites for hydroxylation is 2. The fourth-order valence-corrected chi connectivity index (χ4v) is 9.62. The van der Waals surface area contributed by atoms with Gasteiger partial charge in [-0.3, -0.25) is 24.2 Å². The summed E-state index contributed by atoms with van der Waals surface area (Å²) in [4.78, 5) is 66.5. The number of nitrogens with one attached hydrogen (secondary N) is 4. The van der Waals surface area contributed by atoms with Crippen molar-refractivity contribution in [2.75, 3.05) is 71.7 Å². The first-order valence-electron chi connectivity index (χ1n) is 25.0. The number of thiazole rings is 1. The summed E-state index contributed by atoms with van der Waals surface area (Å²) in [7, 11) is 6.40. The molecule has 0 spiro atoms. The van der Waals surface area contributed by atoms with Gasteiger partial charge in [-0.15, -0.1) is 23.1 Å². The Labute approximate surface area is 457 Å². The molecule has 16 nitrogen and oxygen atoms in total. The van der Waals surface area contributed by atoms with Crippen molar-refractivity contribution in [2.45, 2.75) is 110 Å². The van der Waals surface area contributed by atoms with Crippen LogP contribution in [0.2, 0.25) is 5.02 Å². The summed E-state index contributed by atoms with van der Waals surface area (Å²) in [5, 5.41) is 19.0. The van der Waals surface area contributed by atoms with Crippen molar-refractivity contribution in [3.8, 4) is 16.2 Å². The fourth-order valence-electron chi connectivity index (χ4n) is 7.60. The summed E-state index contributed by atoms with van der Waals surface area (Å²) >= 11 is 9.14. The largest absolute Gasteiger partial charge is 0.495 e. The first kappa shape index (κ1) is 63.6. The van der Waals surface area contributed by atoms with Crippen LogP contribution < -0.4 is 26.0 Å². The second kappa shape index (κ2) is 32.0. The van der Waals surface area contributed by atoms with Gasteiger partial charge in [0.2, 0.25) is 18.3 Å². The maximum atomic E-state index is 13.8. The van der Waals surface area contributed by atoms with Gasteiger partial charge >= 0.3 is 0 Å². The lowest BCUT2D eigenvalue weighted by molar-refractivity contribution is -0.133. The normalized spacial score (nSPS) is 14.9. The number of carbonyl (C=O) groups is 4. The van der Waals surface area contributed by atoms with E-state index in [0.717, 1.165) is 99.5 Å². The lowest BCUT2D eigenvalue weighted by Gasteiger charge is -2.32. The molecular weight excluding hydrogens is 1020 g/mol. The Morgan fingerprint density at radius 3 is 2.13 bits per heavy atom. The number of aldehydes is 1. The van der Waals surface area contributed by atoms with Crippen molar-refractivity contribution in [3.05, 3.63) is 111 Å². The minimum absolute atomic E-state index is 0.0408.